The maximum atomic E-state index is 5.15. The molecule has 0 aliphatic heterocycles. The van der Waals surface area contributed by atoms with Crippen LogP contribution in [0, 0.1) is 6.92 Å². The van der Waals surface area contributed by atoms with Crippen LogP contribution in [0.2, 0.25) is 0 Å². The van der Waals surface area contributed by atoms with Crippen LogP contribution in [0.15, 0.2) is 12.3 Å². The van der Waals surface area contributed by atoms with Crippen LogP contribution in [-0.2, 0) is 10.1 Å². The number of anilines is 1. The first-order valence-corrected chi connectivity index (χ1v) is 6.45. The summed E-state index contributed by atoms with van der Waals surface area (Å²) in [6.07, 6.45) is 1.91. The number of pyridine rings is 1. The maximum Gasteiger partial charge on any atom is 0.131 e. The van der Waals surface area contributed by atoms with Gasteiger partial charge in [0.1, 0.15) is 5.82 Å². The van der Waals surface area contributed by atoms with Gasteiger partial charge >= 0.3 is 0 Å². The van der Waals surface area contributed by atoms with Gasteiger partial charge in [0.2, 0.25) is 0 Å². The summed E-state index contributed by atoms with van der Waals surface area (Å²) >= 11 is 3.43. The molecule has 1 aromatic heterocycles. The van der Waals surface area contributed by atoms with Crippen LogP contribution in [0.5, 0.6) is 0 Å². The van der Waals surface area contributed by atoms with Crippen molar-refractivity contribution in [1.29, 1.82) is 0 Å². The molecule has 0 aromatic carbocycles. The van der Waals surface area contributed by atoms with Gasteiger partial charge < -0.3 is 9.64 Å². The van der Waals surface area contributed by atoms with Gasteiger partial charge in [0.05, 0.1) is 12.6 Å². The lowest BCUT2D eigenvalue weighted by atomic mass is 10.2. The van der Waals surface area contributed by atoms with Gasteiger partial charge in [-0.05, 0) is 25.0 Å². The first-order chi connectivity index (χ1) is 7.60. The van der Waals surface area contributed by atoms with Crippen LogP contribution >= 0.6 is 15.9 Å². The van der Waals surface area contributed by atoms with Crippen molar-refractivity contribution in [3.8, 4) is 0 Å². The third-order valence-electron chi connectivity index (χ3n) is 2.66. The van der Waals surface area contributed by atoms with E-state index >= 15 is 0 Å². The normalized spacial score (nSPS) is 12.6. The molecule has 0 aliphatic carbocycles. The Hall–Kier alpha value is -0.610. The molecule has 4 heteroatoms. The highest BCUT2D eigenvalue weighted by atomic mass is 79.9. The standard InChI is InChI=1S/C12H19BrN2O/c1-9-5-11(6-13)7-14-12(9)15(3)10(2)8-16-4/h5,7,10H,6,8H2,1-4H3. The fourth-order valence-electron chi connectivity index (χ4n) is 1.63. The van der Waals surface area contributed by atoms with Crippen molar-refractivity contribution in [3.05, 3.63) is 23.4 Å². The largest absolute Gasteiger partial charge is 0.383 e. The zero-order valence-corrected chi connectivity index (χ0v) is 11.9. The van der Waals surface area contributed by atoms with Crippen molar-refractivity contribution in [2.45, 2.75) is 25.2 Å². The molecule has 16 heavy (non-hydrogen) atoms. The molecule has 1 rings (SSSR count). The predicted octanol–water partition coefficient (Wildman–Crippen LogP) is 2.76. The highest BCUT2D eigenvalue weighted by Crippen LogP contribution is 2.19. The molecule has 0 saturated carbocycles. The quantitative estimate of drug-likeness (QED) is 0.779. The minimum atomic E-state index is 0.325. The van der Waals surface area contributed by atoms with Gasteiger partial charge in [-0.3, -0.25) is 0 Å². The van der Waals surface area contributed by atoms with Gasteiger partial charge in [-0.1, -0.05) is 22.0 Å². The van der Waals surface area contributed by atoms with E-state index in [1.807, 2.05) is 13.2 Å². The summed E-state index contributed by atoms with van der Waals surface area (Å²) < 4.78 is 5.15. The first kappa shape index (κ1) is 13.5. The highest BCUT2D eigenvalue weighted by Gasteiger charge is 2.13. The molecule has 1 atom stereocenters. The summed E-state index contributed by atoms with van der Waals surface area (Å²) in [5.74, 6) is 1.02. The van der Waals surface area contributed by atoms with Gasteiger partial charge in [0.15, 0.2) is 0 Å². The SMILES string of the molecule is COCC(C)N(C)c1ncc(CBr)cc1C. The predicted molar refractivity (Wildman–Crippen MR) is 71.3 cm³/mol. The number of rotatable bonds is 5. The summed E-state index contributed by atoms with van der Waals surface area (Å²) in [7, 11) is 3.77. The van der Waals surface area contributed by atoms with Crippen LogP contribution in [-0.4, -0.2) is 31.8 Å². The molecule has 0 saturated heterocycles. The molecular formula is C12H19BrN2O. The number of hydrogen-bond acceptors (Lipinski definition) is 3. The number of halogens is 1. The number of hydrogen-bond donors (Lipinski definition) is 0. The third-order valence-corrected chi connectivity index (χ3v) is 3.31. The fraction of sp³-hybridized carbons (Fsp3) is 0.583. The Balaban J connectivity index is 2.87. The van der Waals surface area contributed by atoms with Crippen molar-refractivity contribution < 1.29 is 4.74 Å². The second-order valence-corrected chi connectivity index (χ2v) is 4.59. The maximum absolute atomic E-state index is 5.15. The van der Waals surface area contributed by atoms with E-state index in [-0.39, 0.29) is 0 Å². The van der Waals surface area contributed by atoms with E-state index < -0.39 is 0 Å². The number of aromatic nitrogens is 1. The molecule has 1 unspecified atom stereocenters. The molecule has 0 radical (unpaired) electrons. The minimum absolute atomic E-state index is 0.325. The van der Waals surface area contributed by atoms with Crippen LogP contribution in [0.1, 0.15) is 18.1 Å². The van der Waals surface area contributed by atoms with E-state index in [0.29, 0.717) is 12.6 Å². The van der Waals surface area contributed by atoms with Crippen molar-refractivity contribution in [2.24, 2.45) is 0 Å². The molecule has 0 bridgehead atoms. The van der Waals surface area contributed by atoms with E-state index in [0.717, 1.165) is 11.1 Å². The third kappa shape index (κ3) is 3.19. The van der Waals surface area contributed by atoms with Crippen LogP contribution < -0.4 is 4.90 Å². The molecule has 3 nitrogen and oxygen atoms in total. The van der Waals surface area contributed by atoms with Crippen molar-refractivity contribution >= 4 is 21.7 Å². The topological polar surface area (TPSA) is 25.4 Å². The van der Waals surface area contributed by atoms with Crippen LogP contribution in [0.25, 0.3) is 0 Å². The van der Waals surface area contributed by atoms with Crippen LogP contribution in [0.3, 0.4) is 0 Å². The Morgan fingerprint density at radius 1 is 1.56 bits per heavy atom. The summed E-state index contributed by atoms with van der Waals surface area (Å²) in [6.45, 7) is 4.92. The van der Waals surface area contributed by atoms with E-state index in [1.165, 1.54) is 11.1 Å². The average molecular weight is 287 g/mol. The Kier molecular flexibility index (Phi) is 5.22. The lowest BCUT2D eigenvalue weighted by molar-refractivity contribution is 0.183. The first-order valence-electron chi connectivity index (χ1n) is 5.33. The molecule has 1 heterocycles. The van der Waals surface area contributed by atoms with E-state index in [4.69, 9.17) is 4.74 Å². The molecule has 0 aliphatic rings. The Bertz CT molecular complexity index is 344. The number of alkyl halides is 1. The van der Waals surface area contributed by atoms with Gasteiger partial charge in [0.25, 0.3) is 0 Å². The van der Waals surface area contributed by atoms with Crippen molar-refractivity contribution in [1.82, 2.24) is 4.98 Å². The number of ether oxygens (including phenoxy) is 1. The number of aryl methyl sites for hydroxylation is 1. The zero-order valence-electron chi connectivity index (χ0n) is 10.3. The molecular weight excluding hydrogens is 268 g/mol. The van der Waals surface area contributed by atoms with Crippen molar-refractivity contribution in [2.75, 3.05) is 25.7 Å². The smallest absolute Gasteiger partial charge is 0.131 e. The van der Waals surface area contributed by atoms with Gasteiger partial charge in [-0.2, -0.15) is 0 Å². The van der Waals surface area contributed by atoms with E-state index in [2.05, 4.69) is 45.7 Å². The Labute approximate surface area is 106 Å². The number of nitrogens with zero attached hydrogens (tertiary/aromatic N) is 2. The summed E-state index contributed by atoms with van der Waals surface area (Å²) in [5, 5.41) is 0.846. The van der Waals surface area contributed by atoms with E-state index in [1.54, 1.807) is 7.11 Å². The second-order valence-electron chi connectivity index (χ2n) is 4.03. The molecule has 1 aromatic rings. The van der Waals surface area contributed by atoms with Gasteiger partial charge in [-0.25, -0.2) is 4.98 Å². The summed E-state index contributed by atoms with van der Waals surface area (Å²) in [6, 6.07) is 2.48. The molecule has 90 valence electrons. The molecule has 0 spiro atoms. The summed E-state index contributed by atoms with van der Waals surface area (Å²) in [5.41, 5.74) is 2.40. The van der Waals surface area contributed by atoms with E-state index in [9.17, 15) is 0 Å². The zero-order chi connectivity index (χ0) is 12.1. The molecule has 0 fully saturated rings. The Morgan fingerprint density at radius 3 is 2.75 bits per heavy atom. The monoisotopic (exact) mass is 286 g/mol. The Morgan fingerprint density at radius 2 is 2.25 bits per heavy atom. The molecule has 0 amide bonds. The number of likely N-dealkylation sites (N-methyl/N-ethyl adjacent to an activating group) is 1. The summed E-state index contributed by atoms with van der Waals surface area (Å²) in [4.78, 5) is 6.64. The van der Waals surface area contributed by atoms with Gasteiger partial charge in [0, 0.05) is 25.7 Å². The number of methoxy groups -OCH3 is 1. The van der Waals surface area contributed by atoms with Crippen LogP contribution in [0.4, 0.5) is 5.82 Å². The minimum Gasteiger partial charge on any atom is -0.383 e. The average Bonchev–Trinajstić information content (AvgIpc) is 2.28. The van der Waals surface area contributed by atoms with Gasteiger partial charge in [-0.15, -0.1) is 0 Å². The lowest BCUT2D eigenvalue weighted by Crippen LogP contribution is -2.33. The van der Waals surface area contributed by atoms with Crippen molar-refractivity contribution in [3.63, 3.8) is 0 Å². The fourth-order valence-corrected chi connectivity index (χ4v) is 1.94. The lowest BCUT2D eigenvalue weighted by Gasteiger charge is -2.26. The second kappa shape index (κ2) is 6.21. The highest BCUT2D eigenvalue weighted by molar-refractivity contribution is 9.08. The molecule has 0 N–H and O–H groups in total.